The fourth-order valence-electron chi connectivity index (χ4n) is 1.43. The molecule has 7 heteroatoms. The number of ether oxygens (including phenoxy) is 2. The predicted molar refractivity (Wildman–Crippen MR) is 63.4 cm³/mol. The first-order chi connectivity index (χ1) is 9.29. The summed E-state index contributed by atoms with van der Waals surface area (Å²) in [6, 6.07) is 3.50. The van der Waals surface area contributed by atoms with Gasteiger partial charge in [-0.05, 0) is 25.1 Å². The number of benzene rings is 1. The van der Waals surface area contributed by atoms with E-state index in [0.717, 1.165) is 12.1 Å². The molecule has 0 radical (unpaired) electrons. The SMILES string of the molecule is CC(=O)c1cc(F)ccc1OCCCOCC(F)(F)F. The van der Waals surface area contributed by atoms with Crippen LogP contribution in [0.15, 0.2) is 18.2 Å². The number of ketones is 1. The van der Waals surface area contributed by atoms with Crippen molar-refractivity contribution < 1.29 is 31.8 Å². The molecule has 1 aromatic rings. The summed E-state index contributed by atoms with van der Waals surface area (Å²) in [5.41, 5.74) is 0.0983. The van der Waals surface area contributed by atoms with E-state index in [9.17, 15) is 22.4 Å². The van der Waals surface area contributed by atoms with Crippen molar-refractivity contribution >= 4 is 5.78 Å². The largest absolute Gasteiger partial charge is 0.493 e. The number of Topliss-reactive ketones (excluding diaryl/α,β-unsaturated/α-hetero) is 1. The Kier molecular flexibility index (Phi) is 5.94. The van der Waals surface area contributed by atoms with Crippen LogP contribution in [0.25, 0.3) is 0 Å². The Morgan fingerprint density at radius 2 is 1.95 bits per heavy atom. The first-order valence-electron chi connectivity index (χ1n) is 5.87. The van der Waals surface area contributed by atoms with Crippen molar-refractivity contribution in [3.05, 3.63) is 29.6 Å². The Labute approximate surface area is 113 Å². The van der Waals surface area contributed by atoms with Crippen LogP contribution in [0.1, 0.15) is 23.7 Å². The first kappa shape index (κ1) is 16.4. The van der Waals surface area contributed by atoms with E-state index in [1.54, 1.807) is 0 Å². The van der Waals surface area contributed by atoms with Gasteiger partial charge in [-0.2, -0.15) is 13.2 Å². The minimum atomic E-state index is -4.35. The second kappa shape index (κ2) is 7.23. The van der Waals surface area contributed by atoms with Gasteiger partial charge in [0, 0.05) is 6.42 Å². The Bertz CT molecular complexity index is 457. The van der Waals surface area contributed by atoms with E-state index in [2.05, 4.69) is 4.74 Å². The summed E-state index contributed by atoms with van der Waals surface area (Å²) in [7, 11) is 0. The summed E-state index contributed by atoms with van der Waals surface area (Å²) < 4.78 is 58.0. The molecule has 0 aliphatic carbocycles. The monoisotopic (exact) mass is 294 g/mol. The number of carbonyl (C=O) groups excluding carboxylic acids is 1. The van der Waals surface area contributed by atoms with Gasteiger partial charge in [0.2, 0.25) is 0 Å². The van der Waals surface area contributed by atoms with E-state index in [0.29, 0.717) is 0 Å². The molecule has 0 atom stereocenters. The summed E-state index contributed by atoms with van der Waals surface area (Å²) in [4.78, 5) is 11.3. The van der Waals surface area contributed by atoms with Gasteiger partial charge in [0.15, 0.2) is 5.78 Å². The Balaban J connectivity index is 2.37. The molecule has 0 bridgehead atoms. The second-order valence-corrected chi connectivity index (χ2v) is 4.07. The zero-order valence-corrected chi connectivity index (χ0v) is 10.8. The molecule has 0 aromatic heterocycles. The lowest BCUT2D eigenvalue weighted by Crippen LogP contribution is -2.18. The molecule has 1 rings (SSSR count). The normalized spacial score (nSPS) is 11.4. The molecule has 0 N–H and O–H groups in total. The van der Waals surface area contributed by atoms with Crippen LogP contribution >= 0.6 is 0 Å². The highest BCUT2D eigenvalue weighted by molar-refractivity contribution is 5.96. The van der Waals surface area contributed by atoms with Crippen LogP contribution in [-0.4, -0.2) is 31.8 Å². The summed E-state index contributed by atoms with van der Waals surface area (Å²) in [5.74, 6) is -0.710. The van der Waals surface area contributed by atoms with Gasteiger partial charge >= 0.3 is 6.18 Å². The van der Waals surface area contributed by atoms with Crippen LogP contribution in [0.2, 0.25) is 0 Å². The Morgan fingerprint density at radius 1 is 1.25 bits per heavy atom. The lowest BCUT2D eigenvalue weighted by atomic mass is 10.1. The molecule has 0 heterocycles. The molecular weight excluding hydrogens is 280 g/mol. The first-order valence-corrected chi connectivity index (χ1v) is 5.87. The van der Waals surface area contributed by atoms with E-state index in [4.69, 9.17) is 4.74 Å². The molecular formula is C13H14F4O3. The zero-order chi connectivity index (χ0) is 15.2. The lowest BCUT2D eigenvalue weighted by molar-refractivity contribution is -0.174. The van der Waals surface area contributed by atoms with Crippen molar-refractivity contribution in [2.45, 2.75) is 19.5 Å². The molecule has 0 unspecified atom stereocenters. The van der Waals surface area contributed by atoms with Crippen molar-refractivity contribution in [3.8, 4) is 5.75 Å². The number of rotatable bonds is 7. The third-order valence-electron chi connectivity index (χ3n) is 2.28. The van der Waals surface area contributed by atoms with Crippen molar-refractivity contribution in [1.29, 1.82) is 0 Å². The fourth-order valence-corrected chi connectivity index (χ4v) is 1.43. The van der Waals surface area contributed by atoms with Crippen LogP contribution < -0.4 is 4.74 Å². The highest BCUT2D eigenvalue weighted by atomic mass is 19.4. The van der Waals surface area contributed by atoms with E-state index < -0.39 is 18.6 Å². The molecule has 112 valence electrons. The summed E-state index contributed by atoms with van der Waals surface area (Å²) >= 11 is 0. The summed E-state index contributed by atoms with van der Waals surface area (Å²) in [6.45, 7) is -0.0732. The van der Waals surface area contributed by atoms with Gasteiger partial charge in [0.25, 0.3) is 0 Å². The number of alkyl halides is 3. The Morgan fingerprint density at radius 3 is 2.55 bits per heavy atom. The Hall–Kier alpha value is -1.63. The van der Waals surface area contributed by atoms with Gasteiger partial charge in [0.05, 0.1) is 18.8 Å². The van der Waals surface area contributed by atoms with Crippen molar-refractivity contribution in [2.75, 3.05) is 19.8 Å². The number of hydrogen-bond donors (Lipinski definition) is 0. The summed E-state index contributed by atoms with van der Waals surface area (Å²) in [6.07, 6.45) is -4.12. The quantitative estimate of drug-likeness (QED) is 0.439. The van der Waals surface area contributed by atoms with Crippen LogP contribution in [0.3, 0.4) is 0 Å². The van der Waals surface area contributed by atoms with Gasteiger partial charge in [-0.15, -0.1) is 0 Å². The van der Waals surface area contributed by atoms with Gasteiger partial charge in [-0.1, -0.05) is 0 Å². The number of halogens is 4. The minimum absolute atomic E-state index is 0.0732. The van der Waals surface area contributed by atoms with E-state index in [1.807, 2.05) is 0 Å². The highest BCUT2D eigenvalue weighted by Gasteiger charge is 2.27. The highest BCUT2D eigenvalue weighted by Crippen LogP contribution is 2.20. The molecule has 20 heavy (non-hydrogen) atoms. The average molecular weight is 294 g/mol. The van der Waals surface area contributed by atoms with Crippen molar-refractivity contribution in [2.24, 2.45) is 0 Å². The zero-order valence-electron chi connectivity index (χ0n) is 10.8. The summed E-state index contributed by atoms with van der Waals surface area (Å²) in [5, 5.41) is 0. The molecule has 0 aliphatic rings. The molecule has 0 aliphatic heterocycles. The third-order valence-corrected chi connectivity index (χ3v) is 2.28. The van der Waals surface area contributed by atoms with Crippen LogP contribution in [-0.2, 0) is 4.74 Å². The molecule has 3 nitrogen and oxygen atoms in total. The predicted octanol–water partition coefficient (Wildman–Crippen LogP) is 3.38. The van der Waals surface area contributed by atoms with Crippen molar-refractivity contribution in [3.63, 3.8) is 0 Å². The van der Waals surface area contributed by atoms with Crippen LogP contribution in [0, 0.1) is 5.82 Å². The van der Waals surface area contributed by atoms with Crippen LogP contribution in [0.4, 0.5) is 17.6 Å². The molecule has 0 spiro atoms. The molecule has 0 saturated heterocycles. The van der Waals surface area contributed by atoms with E-state index >= 15 is 0 Å². The topological polar surface area (TPSA) is 35.5 Å². The maximum absolute atomic E-state index is 13.0. The molecule has 1 aromatic carbocycles. The maximum Gasteiger partial charge on any atom is 0.411 e. The van der Waals surface area contributed by atoms with Gasteiger partial charge in [-0.3, -0.25) is 4.79 Å². The third kappa shape index (κ3) is 6.01. The van der Waals surface area contributed by atoms with Gasteiger partial charge in [0.1, 0.15) is 18.2 Å². The lowest BCUT2D eigenvalue weighted by Gasteiger charge is -2.10. The number of carbonyl (C=O) groups is 1. The molecule has 0 saturated carbocycles. The minimum Gasteiger partial charge on any atom is -0.493 e. The van der Waals surface area contributed by atoms with Gasteiger partial charge < -0.3 is 9.47 Å². The molecule has 0 fully saturated rings. The smallest absolute Gasteiger partial charge is 0.411 e. The standard InChI is InChI=1S/C13H14F4O3/c1-9(18)11-7-10(14)3-4-12(11)20-6-2-5-19-8-13(15,16)17/h3-4,7H,2,5-6,8H2,1H3. The number of hydrogen-bond acceptors (Lipinski definition) is 3. The van der Waals surface area contributed by atoms with Gasteiger partial charge in [-0.25, -0.2) is 4.39 Å². The maximum atomic E-state index is 13.0. The van der Waals surface area contributed by atoms with Crippen molar-refractivity contribution in [1.82, 2.24) is 0 Å². The van der Waals surface area contributed by atoms with E-state index in [1.165, 1.54) is 13.0 Å². The van der Waals surface area contributed by atoms with Crippen LogP contribution in [0.5, 0.6) is 5.75 Å². The second-order valence-electron chi connectivity index (χ2n) is 4.07. The molecule has 0 amide bonds. The fraction of sp³-hybridized carbons (Fsp3) is 0.462. The van der Waals surface area contributed by atoms with E-state index in [-0.39, 0.29) is 36.7 Å². The average Bonchev–Trinajstić information content (AvgIpc) is 2.33.